The first kappa shape index (κ1) is 23.7. The molecular formula is C24H29FN2O2S. The van der Waals surface area contributed by atoms with Gasteiger partial charge in [0.25, 0.3) is 5.91 Å². The molecule has 0 aliphatic heterocycles. The molecule has 0 unspecified atom stereocenters. The number of hydrogen-bond donors (Lipinski definition) is 2. The number of aromatic nitrogens is 1. The largest absolute Gasteiger partial charge is 0.507 e. The Morgan fingerprint density at radius 1 is 1.27 bits per heavy atom. The van der Waals surface area contributed by atoms with Crippen LogP contribution in [0.2, 0.25) is 0 Å². The first-order valence-electron chi connectivity index (χ1n) is 10.1. The molecule has 30 heavy (non-hydrogen) atoms. The summed E-state index contributed by atoms with van der Waals surface area (Å²) in [7, 11) is 0. The predicted octanol–water partition coefficient (Wildman–Crippen LogP) is 6.39. The first-order valence-corrected chi connectivity index (χ1v) is 11.1. The number of rotatable bonds is 6. The number of phenolic OH excluding ortho intramolecular Hbond substituents is 1. The van der Waals surface area contributed by atoms with Gasteiger partial charge in [0.05, 0.1) is 11.6 Å². The van der Waals surface area contributed by atoms with Gasteiger partial charge >= 0.3 is 0 Å². The van der Waals surface area contributed by atoms with Gasteiger partial charge in [0.15, 0.2) is 0 Å². The molecule has 1 heterocycles. The van der Waals surface area contributed by atoms with Crippen LogP contribution in [0.3, 0.4) is 0 Å². The second-order valence-electron chi connectivity index (χ2n) is 6.99. The summed E-state index contributed by atoms with van der Waals surface area (Å²) in [4.78, 5) is 17.6. The van der Waals surface area contributed by atoms with E-state index in [4.69, 9.17) is 0 Å². The first-order chi connectivity index (χ1) is 14.5. The van der Waals surface area contributed by atoms with Crippen molar-refractivity contribution in [2.45, 2.75) is 44.9 Å². The summed E-state index contributed by atoms with van der Waals surface area (Å²) in [5.41, 5.74) is 3.43. The Bertz CT molecular complexity index is 923. The van der Waals surface area contributed by atoms with E-state index < -0.39 is 0 Å². The summed E-state index contributed by atoms with van der Waals surface area (Å²) in [6.45, 7) is 5.35. The molecule has 1 amide bonds. The van der Waals surface area contributed by atoms with Crippen LogP contribution in [0.4, 0.5) is 10.2 Å². The number of aromatic hydroxyl groups is 1. The molecule has 3 rings (SSSR count). The van der Waals surface area contributed by atoms with E-state index in [2.05, 4.69) is 28.5 Å². The fraction of sp³-hybridized carbons (Fsp3) is 0.333. The Kier molecular flexibility index (Phi) is 9.61. The molecule has 4 nitrogen and oxygen atoms in total. The van der Waals surface area contributed by atoms with E-state index >= 15 is 0 Å². The lowest BCUT2D eigenvalue weighted by molar-refractivity contribution is 0.102. The smallest absolute Gasteiger partial charge is 0.257 e. The van der Waals surface area contributed by atoms with Crippen LogP contribution in [0.1, 0.15) is 47.7 Å². The quantitative estimate of drug-likeness (QED) is 0.523. The van der Waals surface area contributed by atoms with E-state index in [0.29, 0.717) is 22.7 Å². The fourth-order valence-electron chi connectivity index (χ4n) is 2.76. The monoisotopic (exact) mass is 428 g/mol. The zero-order valence-corrected chi connectivity index (χ0v) is 18.6. The van der Waals surface area contributed by atoms with Crippen LogP contribution in [-0.4, -0.2) is 28.4 Å². The van der Waals surface area contributed by atoms with Gasteiger partial charge in [0, 0.05) is 17.5 Å². The Morgan fingerprint density at radius 2 is 2.03 bits per heavy atom. The Balaban J connectivity index is 0.000000735. The molecule has 0 radical (unpaired) electrons. The van der Waals surface area contributed by atoms with Crippen LogP contribution in [0.15, 0.2) is 59.2 Å². The topological polar surface area (TPSA) is 62.2 Å². The van der Waals surface area contributed by atoms with E-state index in [-0.39, 0.29) is 18.3 Å². The maximum Gasteiger partial charge on any atom is 0.257 e. The van der Waals surface area contributed by atoms with E-state index in [0.717, 1.165) is 29.7 Å². The average Bonchev–Trinajstić information content (AvgIpc) is 2.75. The van der Waals surface area contributed by atoms with Gasteiger partial charge in [-0.2, -0.15) is 0 Å². The SMILES string of the molecule is CCCF.Cc1cc(O)c(SCC2=CCCC=C2)cc1C(=O)Nc1ncccc1C. The van der Waals surface area contributed by atoms with Crippen LogP contribution in [0.25, 0.3) is 0 Å². The van der Waals surface area contributed by atoms with Gasteiger partial charge in [0.1, 0.15) is 11.6 Å². The van der Waals surface area contributed by atoms with Gasteiger partial charge in [-0.15, -0.1) is 11.8 Å². The number of anilines is 1. The van der Waals surface area contributed by atoms with E-state index in [1.807, 2.05) is 26.0 Å². The number of hydrogen-bond acceptors (Lipinski definition) is 4. The van der Waals surface area contributed by atoms with Gasteiger partial charge in [-0.25, -0.2) is 4.98 Å². The molecule has 0 atom stereocenters. The van der Waals surface area contributed by atoms with Crippen molar-refractivity contribution >= 4 is 23.5 Å². The second-order valence-corrected chi connectivity index (χ2v) is 8.01. The lowest BCUT2D eigenvalue weighted by Gasteiger charge is -2.13. The van der Waals surface area contributed by atoms with E-state index in [9.17, 15) is 14.3 Å². The van der Waals surface area contributed by atoms with Crippen molar-refractivity contribution in [2.75, 3.05) is 17.7 Å². The summed E-state index contributed by atoms with van der Waals surface area (Å²) in [6, 6.07) is 7.14. The molecular weight excluding hydrogens is 399 g/mol. The highest BCUT2D eigenvalue weighted by Gasteiger charge is 2.15. The second kappa shape index (κ2) is 12.2. The standard InChI is InChI=1S/C21H22N2O2S.C3H7F/c1-14-7-6-10-22-20(14)23-21(25)17-12-19(18(24)11-15(17)2)26-13-16-8-4-3-5-9-16;1-2-3-4/h4,6-12,24H,3,5,13H2,1-2H3,(H,22,23,25);2-3H2,1H3. The molecule has 2 N–H and O–H groups in total. The maximum absolute atomic E-state index is 12.7. The zero-order valence-electron chi connectivity index (χ0n) is 17.7. The highest BCUT2D eigenvalue weighted by atomic mass is 32.2. The molecule has 0 spiro atoms. The molecule has 0 saturated heterocycles. The Morgan fingerprint density at radius 3 is 2.67 bits per heavy atom. The molecule has 0 fully saturated rings. The molecule has 160 valence electrons. The summed E-state index contributed by atoms with van der Waals surface area (Å²) < 4.78 is 10.7. The highest BCUT2D eigenvalue weighted by Crippen LogP contribution is 2.33. The Hall–Kier alpha value is -2.60. The number of pyridine rings is 1. The van der Waals surface area contributed by atoms with Crippen LogP contribution in [0, 0.1) is 13.8 Å². The number of halogens is 1. The number of benzene rings is 1. The third kappa shape index (κ3) is 7.02. The third-order valence-electron chi connectivity index (χ3n) is 4.45. The number of aryl methyl sites for hydroxylation is 2. The van der Waals surface area contributed by atoms with Gasteiger partial charge < -0.3 is 10.4 Å². The average molecular weight is 429 g/mol. The van der Waals surface area contributed by atoms with Crippen molar-refractivity contribution in [3.63, 3.8) is 0 Å². The van der Waals surface area contributed by atoms with Gasteiger partial charge in [-0.3, -0.25) is 9.18 Å². The number of carbonyl (C=O) groups is 1. The molecule has 6 heteroatoms. The predicted molar refractivity (Wildman–Crippen MR) is 123 cm³/mol. The number of thioether (sulfide) groups is 1. The van der Waals surface area contributed by atoms with Gasteiger partial charge in [0.2, 0.25) is 0 Å². The summed E-state index contributed by atoms with van der Waals surface area (Å²) in [6.07, 6.45) is 11.0. The van der Waals surface area contributed by atoms with Crippen LogP contribution >= 0.6 is 11.8 Å². The normalized spacial score (nSPS) is 12.6. The van der Waals surface area contributed by atoms with Crippen molar-refractivity contribution in [3.8, 4) is 5.75 Å². The molecule has 0 saturated carbocycles. The molecule has 1 aliphatic carbocycles. The highest BCUT2D eigenvalue weighted by molar-refractivity contribution is 7.99. The van der Waals surface area contributed by atoms with Crippen molar-refractivity contribution in [2.24, 2.45) is 0 Å². The minimum absolute atomic E-state index is 0.181. The number of nitrogens with one attached hydrogen (secondary N) is 1. The lowest BCUT2D eigenvalue weighted by Crippen LogP contribution is -2.15. The van der Waals surface area contributed by atoms with E-state index in [1.165, 1.54) is 17.3 Å². The zero-order chi connectivity index (χ0) is 21.9. The minimum Gasteiger partial charge on any atom is -0.507 e. The van der Waals surface area contributed by atoms with Crippen LogP contribution in [-0.2, 0) is 0 Å². The van der Waals surface area contributed by atoms with Crippen molar-refractivity contribution in [1.29, 1.82) is 0 Å². The lowest BCUT2D eigenvalue weighted by atomic mass is 10.1. The fourth-order valence-corrected chi connectivity index (χ4v) is 3.70. The molecule has 1 aromatic carbocycles. The van der Waals surface area contributed by atoms with Crippen molar-refractivity contribution in [3.05, 3.63) is 71.0 Å². The van der Waals surface area contributed by atoms with Gasteiger partial charge in [-0.05, 0) is 68.0 Å². The number of carbonyl (C=O) groups excluding carboxylic acids is 1. The summed E-state index contributed by atoms with van der Waals surface area (Å²) >= 11 is 1.54. The number of nitrogens with zero attached hydrogens (tertiary/aromatic N) is 1. The minimum atomic E-state index is -0.220. The molecule has 1 aromatic heterocycles. The third-order valence-corrected chi connectivity index (χ3v) is 5.56. The number of amides is 1. The van der Waals surface area contributed by atoms with Crippen LogP contribution < -0.4 is 5.32 Å². The number of alkyl halides is 1. The maximum atomic E-state index is 12.7. The summed E-state index contributed by atoms with van der Waals surface area (Å²) in [5.74, 6) is 1.31. The van der Waals surface area contributed by atoms with E-state index in [1.54, 1.807) is 25.3 Å². The van der Waals surface area contributed by atoms with Gasteiger partial charge in [-0.1, -0.05) is 31.2 Å². The summed E-state index contributed by atoms with van der Waals surface area (Å²) in [5, 5.41) is 13.1. The van der Waals surface area contributed by atoms with Crippen molar-refractivity contribution < 1.29 is 14.3 Å². The van der Waals surface area contributed by atoms with Crippen LogP contribution in [0.5, 0.6) is 5.75 Å². The number of phenols is 1. The number of allylic oxidation sites excluding steroid dienone is 3. The molecule has 2 aromatic rings. The van der Waals surface area contributed by atoms with Crippen molar-refractivity contribution in [1.82, 2.24) is 4.98 Å². The Labute approximate surface area is 182 Å². The molecule has 1 aliphatic rings. The molecule has 0 bridgehead atoms.